The molecule has 3 nitrogen and oxygen atoms in total. The van der Waals surface area contributed by atoms with E-state index in [4.69, 9.17) is 0 Å². The topological polar surface area (TPSA) is 46.2 Å². The molecule has 2 bridgehead atoms. The van der Waals surface area contributed by atoms with Crippen LogP contribution in [-0.2, 0) is 9.59 Å². The smallest absolute Gasteiger partial charge is 0.237 e. The molecule has 3 heteroatoms. The van der Waals surface area contributed by atoms with Crippen LogP contribution in [0.4, 0.5) is 0 Å². The summed E-state index contributed by atoms with van der Waals surface area (Å²) in [5.74, 6) is -0.221. The van der Waals surface area contributed by atoms with E-state index >= 15 is 0 Å². The lowest BCUT2D eigenvalue weighted by molar-refractivity contribution is -0.143. The predicted molar refractivity (Wildman–Crippen MR) is 61.4 cm³/mol. The minimum Gasteiger partial charge on any atom is -0.295 e. The van der Waals surface area contributed by atoms with Gasteiger partial charge in [-0.2, -0.15) is 0 Å². The molecule has 0 radical (unpaired) electrons. The highest BCUT2D eigenvalue weighted by molar-refractivity contribution is 6.05. The molecule has 16 heavy (non-hydrogen) atoms. The summed E-state index contributed by atoms with van der Waals surface area (Å²) in [6.07, 6.45) is 0.626. The number of carbonyl (C=O) groups is 2. The second-order valence-electron chi connectivity index (χ2n) is 5.90. The lowest BCUT2D eigenvalue weighted by Gasteiger charge is -2.35. The third-order valence-corrected chi connectivity index (χ3v) is 4.66. The fourth-order valence-electron chi connectivity index (χ4n) is 3.29. The van der Waals surface area contributed by atoms with Crippen molar-refractivity contribution in [1.82, 2.24) is 5.32 Å². The fraction of sp³-hybridized carbons (Fsp3) is 0.692. The average molecular weight is 221 g/mol. The van der Waals surface area contributed by atoms with Crippen molar-refractivity contribution in [2.45, 2.75) is 34.1 Å². The number of rotatable bonds is 1. The highest BCUT2D eigenvalue weighted by atomic mass is 16.2. The zero-order valence-electron chi connectivity index (χ0n) is 10.4. The second kappa shape index (κ2) is 2.96. The number of hydrogen-bond donors (Lipinski definition) is 1. The number of nitrogens with one attached hydrogen (secondary N) is 1. The summed E-state index contributed by atoms with van der Waals surface area (Å²) in [6.45, 7) is 12.2. The van der Waals surface area contributed by atoms with Crippen LogP contribution in [0.25, 0.3) is 0 Å². The Hall–Kier alpha value is -1.12. The molecule has 2 rings (SSSR count). The van der Waals surface area contributed by atoms with E-state index in [1.807, 2.05) is 27.7 Å². The molecule has 88 valence electrons. The molecule has 1 N–H and O–H groups in total. The standard InChI is InChI=1S/C13H19NO2/c1-7(2)13-6-9(10(15)14-11(13)16)12(4,5)8(13)3/h7,9H,3,6H2,1-2,4-5H3,(H,14,15,16). The van der Waals surface area contributed by atoms with Crippen LogP contribution >= 0.6 is 0 Å². The van der Waals surface area contributed by atoms with Crippen molar-refractivity contribution in [3.05, 3.63) is 12.2 Å². The molecule has 0 spiro atoms. The van der Waals surface area contributed by atoms with E-state index in [1.165, 1.54) is 0 Å². The summed E-state index contributed by atoms with van der Waals surface area (Å²) in [5, 5.41) is 2.51. The Morgan fingerprint density at radius 1 is 1.38 bits per heavy atom. The van der Waals surface area contributed by atoms with Crippen molar-refractivity contribution in [2.24, 2.45) is 22.7 Å². The molecule has 2 atom stereocenters. The molecule has 1 heterocycles. The van der Waals surface area contributed by atoms with Gasteiger partial charge in [-0.1, -0.05) is 39.8 Å². The Bertz CT molecular complexity index is 395. The molecule has 2 unspecified atom stereocenters. The summed E-state index contributed by atoms with van der Waals surface area (Å²) >= 11 is 0. The first-order chi connectivity index (χ1) is 7.24. The molecule has 1 saturated heterocycles. The van der Waals surface area contributed by atoms with E-state index in [1.54, 1.807) is 0 Å². The number of fused-ring (bicyclic) bond motifs is 2. The van der Waals surface area contributed by atoms with E-state index in [0.717, 1.165) is 5.57 Å². The maximum atomic E-state index is 12.1. The molecule has 2 amide bonds. The van der Waals surface area contributed by atoms with Gasteiger partial charge in [-0.25, -0.2) is 0 Å². The molecular weight excluding hydrogens is 202 g/mol. The average Bonchev–Trinajstić information content (AvgIpc) is 2.34. The van der Waals surface area contributed by atoms with E-state index in [2.05, 4.69) is 11.9 Å². The Morgan fingerprint density at radius 2 is 1.94 bits per heavy atom. The van der Waals surface area contributed by atoms with Gasteiger partial charge in [0.25, 0.3) is 0 Å². The van der Waals surface area contributed by atoms with Gasteiger partial charge in [0.2, 0.25) is 11.8 Å². The summed E-state index contributed by atoms with van der Waals surface area (Å²) in [7, 11) is 0. The number of imide groups is 1. The fourth-order valence-corrected chi connectivity index (χ4v) is 3.29. The monoisotopic (exact) mass is 221 g/mol. The van der Waals surface area contributed by atoms with Crippen molar-refractivity contribution in [3.63, 3.8) is 0 Å². The molecular formula is C13H19NO2. The number of amides is 2. The van der Waals surface area contributed by atoms with Crippen LogP contribution in [-0.4, -0.2) is 11.8 Å². The molecule has 0 aromatic heterocycles. The SMILES string of the molecule is C=C1C(C)(C)C2CC1(C(C)C)C(=O)NC2=O. The molecule has 2 aliphatic rings. The predicted octanol–water partition coefficient (Wildman–Crippen LogP) is 1.89. The molecule has 0 aromatic rings. The van der Waals surface area contributed by atoms with Gasteiger partial charge in [-0.05, 0) is 17.8 Å². The lowest BCUT2D eigenvalue weighted by Crippen LogP contribution is -2.51. The van der Waals surface area contributed by atoms with E-state index < -0.39 is 5.41 Å². The van der Waals surface area contributed by atoms with Crippen LogP contribution in [0.3, 0.4) is 0 Å². The number of hydrogen-bond acceptors (Lipinski definition) is 2. The molecule has 1 aliphatic heterocycles. The Labute approximate surface area is 96.3 Å². The second-order valence-corrected chi connectivity index (χ2v) is 5.90. The highest BCUT2D eigenvalue weighted by Crippen LogP contribution is 2.61. The van der Waals surface area contributed by atoms with E-state index in [0.29, 0.717) is 6.42 Å². The van der Waals surface area contributed by atoms with Crippen molar-refractivity contribution in [1.29, 1.82) is 0 Å². The van der Waals surface area contributed by atoms with Gasteiger partial charge in [0.15, 0.2) is 0 Å². The maximum Gasteiger partial charge on any atom is 0.237 e. The summed E-state index contributed by atoms with van der Waals surface area (Å²) in [6, 6.07) is 0. The Morgan fingerprint density at radius 3 is 2.44 bits per heavy atom. The highest BCUT2D eigenvalue weighted by Gasteiger charge is 2.63. The molecule has 1 aliphatic carbocycles. The molecule has 2 fully saturated rings. The van der Waals surface area contributed by atoms with Gasteiger partial charge < -0.3 is 0 Å². The van der Waals surface area contributed by atoms with Crippen LogP contribution in [0.1, 0.15) is 34.1 Å². The Balaban J connectivity index is 2.60. The van der Waals surface area contributed by atoms with Gasteiger partial charge >= 0.3 is 0 Å². The lowest BCUT2D eigenvalue weighted by atomic mass is 9.69. The van der Waals surface area contributed by atoms with Crippen LogP contribution in [0, 0.1) is 22.7 Å². The van der Waals surface area contributed by atoms with Crippen molar-refractivity contribution < 1.29 is 9.59 Å². The minimum atomic E-state index is -0.540. The first-order valence-corrected chi connectivity index (χ1v) is 5.79. The largest absolute Gasteiger partial charge is 0.295 e. The van der Waals surface area contributed by atoms with Crippen LogP contribution in [0.15, 0.2) is 12.2 Å². The van der Waals surface area contributed by atoms with E-state index in [-0.39, 0.29) is 29.1 Å². The normalized spacial score (nSPS) is 36.8. The molecule has 0 aromatic carbocycles. The summed E-state index contributed by atoms with van der Waals surface area (Å²) in [5.41, 5.74) is 0.103. The summed E-state index contributed by atoms with van der Waals surface area (Å²) in [4.78, 5) is 23.9. The molecule has 1 saturated carbocycles. The van der Waals surface area contributed by atoms with Crippen LogP contribution < -0.4 is 5.32 Å². The maximum absolute atomic E-state index is 12.1. The minimum absolute atomic E-state index is 0.111. The van der Waals surface area contributed by atoms with Gasteiger partial charge in [0, 0.05) is 5.92 Å². The van der Waals surface area contributed by atoms with Gasteiger partial charge in [0.1, 0.15) is 0 Å². The van der Waals surface area contributed by atoms with Gasteiger partial charge in [-0.15, -0.1) is 0 Å². The van der Waals surface area contributed by atoms with E-state index in [9.17, 15) is 9.59 Å². The third kappa shape index (κ3) is 1.04. The van der Waals surface area contributed by atoms with Crippen molar-refractivity contribution in [2.75, 3.05) is 0 Å². The van der Waals surface area contributed by atoms with Crippen molar-refractivity contribution >= 4 is 11.8 Å². The van der Waals surface area contributed by atoms with Crippen molar-refractivity contribution in [3.8, 4) is 0 Å². The number of carbonyl (C=O) groups excluding carboxylic acids is 2. The summed E-state index contributed by atoms with van der Waals surface area (Å²) < 4.78 is 0. The Kier molecular flexibility index (Phi) is 2.10. The zero-order valence-corrected chi connectivity index (χ0v) is 10.4. The van der Waals surface area contributed by atoms with Crippen LogP contribution in [0.5, 0.6) is 0 Å². The van der Waals surface area contributed by atoms with Gasteiger partial charge in [0.05, 0.1) is 5.41 Å². The first kappa shape index (κ1) is 11.4. The van der Waals surface area contributed by atoms with Crippen LogP contribution in [0.2, 0.25) is 0 Å². The van der Waals surface area contributed by atoms with Gasteiger partial charge in [-0.3, -0.25) is 14.9 Å². The first-order valence-electron chi connectivity index (χ1n) is 5.79. The third-order valence-electron chi connectivity index (χ3n) is 4.66. The number of piperidine rings is 1. The quantitative estimate of drug-likeness (QED) is 0.543. The zero-order chi connectivity index (χ0) is 12.3.